The first-order valence-electron chi connectivity index (χ1n) is 14.4. The third kappa shape index (κ3) is 4.01. The van der Waals surface area contributed by atoms with Crippen LogP contribution in [0.2, 0.25) is 0 Å². The third-order valence-corrected chi connectivity index (χ3v) is 9.26. The number of nitrogens with zero attached hydrogens (tertiary/aromatic N) is 2. The van der Waals surface area contributed by atoms with Gasteiger partial charge in [-0.3, -0.25) is 14.5 Å². The van der Waals surface area contributed by atoms with E-state index in [1.807, 2.05) is 51.0 Å². The summed E-state index contributed by atoms with van der Waals surface area (Å²) in [5.74, 6) is -0.917. The number of hydrogen-bond acceptors (Lipinski definition) is 8. The van der Waals surface area contributed by atoms with Crippen molar-refractivity contribution >= 4 is 11.6 Å². The summed E-state index contributed by atoms with van der Waals surface area (Å²) in [5.41, 5.74) is -1.63. The second-order valence-electron chi connectivity index (χ2n) is 12.3. The molecule has 0 bridgehead atoms. The molecule has 0 saturated heterocycles. The average molecular weight is 575 g/mol. The summed E-state index contributed by atoms with van der Waals surface area (Å²) in [6, 6.07) is 10.9. The van der Waals surface area contributed by atoms with E-state index in [2.05, 4.69) is 5.16 Å². The molecule has 0 unspecified atom stereocenters. The van der Waals surface area contributed by atoms with Crippen molar-refractivity contribution < 1.29 is 33.1 Å². The molecule has 0 saturated carbocycles. The van der Waals surface area contributed by atoms with Gasteiger partial charge >= 0.3 is 0 Å². The van der Waals surface area contributed by atoms with Crippen LogP contribution in [0.25, 0.3) is 0 Å². The zero-order valence-corrected chi connectivity index (χ0v) is 24.5. The normalized spacial score (nSPS) is 26.5. The van der Waals surface area contributed by atoms with Gasteiger partial charge in [0.1, 0.15) is 28.6 Å². The largest absolute Gasteiger partial charge is 0.507 e. The van der Waals surface area contributed by atoms with E-state index < -0.39 is 34.4 Å². The molecule has 220 valence electrons. The predicted octanol–water partition coefficient (Wildman–Crippen LogP) is 6.30. The van der Waals surface area contributed by atoms with Gasteiger partial charge in [-0.2, -0.15) is 0 Å². The Morgan fingerprint density at radius 2 is 1.86 bits per heavy atom. The fourth-order valence-corrected chi connectivity index (χ4v) is 7.19. The van der Waals surface area contributed by atoms with Crippen molar-refractivity contribution in [2.24, 2.45) is 16.7 Å². The van der Waals surface area contributed by atoms with Crippen LogP contribution in [0, 0.1) is 22.6 Å². The quantitative estimate of drug-likeness (QED) is 0.328. The van der Waals surface area contributed by atoms with Crippen molar-refractivity contribution in [3.05, 3.63) is 82.1 Å². The van der Waals surface area contributed by atoms with Crippen LogP contribution in [0.15, 0.2) is 58.3 Å². The van der Waals surface area contributed by atoms with Crippen molar-refractivity contribution in [3.8, 4) is 17.4 Å². The highest BCUT2D eigenvalue weighted by molar-refractivity contribution is 6.16. The Bertz CT molecular complexity index is 1610. The SMILES string of the molecule is CCCCOc1noc2c1C(=O)[C@@]1(C)C(Oc3ccccc3)=C3C(=O)c4c(O)ccc(F)c4C[C@@]3(C)C[C@H]1[C@@H]2N(C)C. The number of carbonyl (C=O) groups is 2. The highest BCUT2D eigenvalue weighted by Gasteiger charge is 2.65. The van der Waals surface area contributed by atoms with E-state index in [9.17, 15) is 14.7 Å². The molecule has 1 N–H and O–H groups in total. The number of carbonyl (C=O) groups excluding carboxylic acids is 2. The van der Waals surface area contributed by atoms with Crippen molar-refractivity contribution in [2.75, 3.05) is 20.7 Å². The minimum absolute atomic E-state index is 0.0830. The molecular weight excluding hydrogens is 539 g/mol. The molecule has 3 aromatic rings. The van der Waals surface area contributed by atoms with E-state index in [1.165, 1.54) is 12.1 Å². The van der Waals surface area contributed by atoms with E-state index in [1.54, 1.807) is 19.1 Å². The van der Waals surface area contributed by atoms with Crippen LogP contribution in [0.5, 0.6) is 17.4 Å². The molecule has 0 radical (unpaired) electrons. The van der Waals surface area contributed by atoms with E-state index in [0.29, 0.717) is 24.5 Å². The molecule has 3 aliphatic carbocycles. The van der Waals surface area contributed by atoms with Crippen LogP contribution in [-0.2, 0) is 6.42 Å². The van der Waals surface area contributed by atoms with Crippen molar-refractivity contribution in [1.29, 1.82) is 0 Å². The lowest BCUT2D eigenvalue weighted by Gasteiger charge is -2.54. The van der Waals surface area contributed by atoms with Crippen molar-refractivity contribution in [1.82, 2.24) is 10.1 Å². The van der Waals surface area contributed by atoms with Crippen LogP contribution in [0.1, 0.15) is 78.1 Å². The summed E-state index contributed by atoms with van der Waals surface area (Å²) in [7, 11) is 3.81. The third-order valence-electron chi connectivity index (χ3n) is 9.26. The van der Waals surface area contributed by atoms with Gasteiger partial charge in [0.15, 0.2) is 17.3 Å². The van der Waals surface area contributed by atoms with Gasteiger partial charge in [0, 0.05) is 22.5 Å². The number of benzene rings is 2. The number of Topliss-reactive ketones (excluding diaryl/α,β-unsaturated/α-hetero) is 2. The van der Waals surface area contributed by atoms with Gasteiger partial charge in [-0.05, 0) is 69.7 Å². The Hall–Kier alpha value is -3.98. The van der Waals surface area contributed by atoms with Gasteiger partial charge in [0.2, 0.25) is 0 Å². The summed E-state index contributed by atoms with van der Waals surface area (Å²) in [5, 5.41) is 14.9. The number of rotatable bonds is 7. The number of phenols is 1. The number of phenolic OH excluding ortho intramolecular Hbond substituents is 1. The van der Waals surface area contributed by atoms with E-state index in [-0.39, 0.29) is 51.9 Å². The summed E-state index contributed by atoms with van der Waals surface area (Å²) >= 11 is 0. The zero-order valence-electron chi connectivity index (χ0n) is 24.5. The van der Waals surface area contributed by atoms with Gasteiger partial charge < -0.3 is 19.1 Å². The Morgan fingerprint density at radius 1 is 1.12 bits per heavy atom. The van der Waals surface area contributed by atoms with E-state index in [0.717, 1.165) is 12.8 Å². The van der Waals surface area contributed by atoms with Gasteiger partial charge in [-0.15, -0.1) is 0 Å². The maximum atomic E-state index is 15.2. The fourth-order valence-electron chi connectivity index (χ4n) is 7.19. The molecule has 3 aliphatic rings. The number of aromatic nitrogens is 1. The number of fused-ring (bicyclic) bond motifs is 4. The summed E-state index contributed by atoms with van der Waals surface area (Å²) < 4.78 is 33.6. The van der Waals surface area contributed by atoms with Crippen molar-refractivity contribution in [3.63, 3.8) is 0 Å². The number of hydrogen-bond donors (Lipinski definition) is 1. The molecular formula is C33H35FN2O6. The lowest BCUT2D eigenvalue weighted by molar-refractivity contribution is 0.00715. The first-order chi connectivity index (χ1) is 20.0. The molecule has 8 nitrogen and oxygen atoms in total. The number of ether oxygens (including phenoxy) is 2. The number of halogens is 1. The van der Waals surface area contributed by atoms with Gasteiger partial charge in [0.25, 0.3) is 5.88 Å². The second kappa shape index (κ2) is 10.1. The molecule has 42 heavy (non-hydrogen) atoms. The van der Waals surface area contributed by atoms with Gasteiger partial charge in [-0.25, -0.2) is 4.39 Å². The highest BCUT2D eigenvalue weighted by Crippen LogP contribution is 2.64. The maximum Gasteiger partial charge on any atom is 0.265 e. The molecule has 1 heterocycles. The maximum absolute atomic E-state index is 15.2. The monoisotopic (exact) mass is 574 g/mol. The average Bonchev–Trinajstić information content (AvgIpc) is 3.36. The molecule has 0 amide bonds. The first-order valence-corrected chi connectivity index (χ1v) is 14.4. The van der Waals surface area contributed by atoms with Crippen LogP contribution < -0.4 is 9.47 Å². The molecule has 0 aliphatic heterocycles. The number of allylic oxidation sites excluding steroid dienone is 2. The lowest BCUT2D eigenvalue weighted by Crippen LogP contribution is -2.56. The molecule has 2 aromatic carbocycles. The minimum Gasteiger partial charge on any atom is -0.507 e. The Balaban J connectivity index is 1.63. The summed E-state index contributed by atoms with van der Waals surface area (Å²) in [6.45, 7) is 6.14. The smallest absolute Gasteiger partial charge is 0.265 e. The Morgan fingerprint density at radius 3 is 2.55 bits per heavy atom. The number of para-hydroxylation sites is 1. The van der Waals surface area contributed by atoms with E-state index >= 15 is 4.39 Å². The van der Waals surface area contributed by atoms with Crippen LogP contribution in [0.4, 0.5) is 4.39 Å². The van der Waals surface area contributed by atoms with E-state index in [4.69, 9.17) is 14.0 Å². The summed E-state index contributed by atoms with van der Waals surface area (Å²) in [6.07, 6.45) is 2.21. The minimum atomic E-state index is -1.34. The molecule has 0 fully saturated rings. The Kier molecular flexibility index (Phi) is 6.76. The lowest BCUT2D eigenvalue weighted by atomic mass is 9.49. The standard InChI is InChI=1S/C33H35FN2O6/c1-6-7-15-40-31-24-28(42-35-31)26(36(4)5)20-17-32(2)16-19-21(34)13-14-22(37)23(19)27(38)25(32)30(33(20,3)29(24)39)41-18-11-9-8-10-12-18/h8-14,20,26,37H,6-7,15-17H2,1-5H3/t20-,26-,32-,33-/m0/s1. The summed E-state index contributed by atoms with van der Waals surface area (Å²) in [4.78, 5) is 31.1. The number of ketones is 2. The van der Waals surface area contributed by atoms with Crippen LogP contribution in [0.3, 0.4) is 0 Å². The van der Waals surface area contributed by atoms with Gasteiger partial charge in [-0.1, -0.05) is 38.5 Å². The Labute approximate surface area is 244 Å². The zero-order chi connectivity index (χ0) is 30.0. The number of aromatic hydroxyl groups is 1. The van der Waals surface area contributed by atoms with Crippen LogP contribution in [-0.4, -0.2) is 47.4 Å². The van der Waals surface area contributed by atoms with Gasteiger partial charge in [0.05, 0.1) is 23.6 Å². The molecule has 6 rings (SSSR count). The topological polar surface area (TPSA) is 102 Å². The fraction of sp³-hybridized carbons (Fsp3) is 0.424. The van der Waals surface area contributed by atoms with Crippen LogP contribution >= 0.6 is 0 Å². The molecule has 0 spiro atoms. The predicted molar refractivity (Wildman–Crippen MR) is 152 cm³/mol. The first kappa shape index (κ1) is 28.2. The highest BCUT2D eigenvalue weighted by atomic mass is 19.1. The number of unbranched alkanes of at least 4 members (excludes halogenated alkanes) is 1. The second-order valence-corrected chi connectivity index (χ2v) is 12.3. The van der Waals surface area contributed by atoms with Crippen molar-refractivity contribution in [2.45, 2.75) is 52.5 Å². The molecule has 1 aromatic heterocycles. The molecule has 4 atom stereocenters. The molecule has 9 heteroatoms.